The lowest BCUT2D eigenvalue weighted by atomic mass is 9.76. The second-order valence-corrected chi connectivity index (χ2v) is 15.4. The third kappa shape index (κ3) is 5.32. The Balaban J connectivity index is 1.08. The molecule has 0 amide bonds. The zero-order chi connectivity index (χ0) is 33.9. The molecule has 6 atom stereocenters. The van der Waals surface area contributed by atoms with Gasteiger partial charge in [-0.3, -0.25) is 0 Å². The zero-order valence-electron chi connectivity index (χ0n) is 28.9. The highest BCUT2D eigenvalue weighted by molar-refractivity contribution is 5.88. The van der Waals surface area contributed by atoms with Crippen LogP contribution in [0.4, 0.5) is 11.4 Å². The van der Waals surface area contributed by atoms with Crippen LogP contribution in [0, 0.1) is 5.92 Å². The van der Waals surface area contributed by atoms with Gasteiger partial charge in [-0.2, -0.15) is 0 Å². The number of benzene rings is 4. The van der Waals surface area contributed by atoms with E-state index >= 15 is 0 Å². The van der Waals surface area contributed by atoms with Crippen molar-refractivity contribution in [3.05, 3.63) is 118 Å². The van der Waals surface area contributed by atoms with Crippen molar-refractivity contribution in [1.29, 1.82) is 0 Å². The molecule has 254 valence electrons. The van der Waals surface area contributed by atoms with Crippen molar-refractivity contribution in [2.45, 2.75) is 114 Å². The number of hydrogen-bond acceptors (Lipinski definition) is 4. The number of carbonyl (C=O) groups is 1. The minimum absolute atomic E-state index is 0.0000573. The van der Waals surface area contributed by atoms with Gasteiger partial charge in [-0.15, -0.1) is 0 Å². The predicted octanol–water partition coefficient (Wildman–Crippen LogP) is 10.1. The fourth-order valence-electron chi connectivity index (χ4n) is 9.98. The van der Waals surface area contributed by atoms with Gasteiger partial charge in [0.25, 0.3) is 0 Å². The van der Waals surface area contributed by atoms with Crippen LogP contribution in [0.15, 0.2) is 78.9 Å². The van der Waals surface area contributed by atoms with Gasteiger partial charge in [0.05, 0.1) is 17.8 Å². The molecule has 0 bridgehead atoms. The third-order valence-corrected chi connectivity index (χ3v) is 12.5. The van der Waals surface area contributed by atoms with Gasteiger partial charge in [0.15, 0.2) is 0 Å². The molecule has 1 fully saturated rings. The van der Waals surface area contributed by atoms with Gasteiger partial charge in [-0.25, -0.2) is 4.79 Å². The second kappa shape index (κ2) is 12.8. The number of carboxylic acid groups (broad SMARTS) is 1. The molecule has 4 aromatic carbocycles. The molecule has 4 aromatic rings. The van der Waals surface area contributed by atoms with Crippen LogP contribution in [-0.2, 0) is 11.8 Å². The van der Waals surface area contributed by atoms with E-state index in [2.05, 4.69) is 79.4 Å². The smallest absolute Gasteiger partial charge is 0.335 e. The van der Waals surface area contributed by atoms with E-state index in [9.17, 15) is 20.1 Å². The van der Waals surface area contributed by atoms with Crippen LogP contribution >= 0.6 is 0 Å². The van der Waals surface area contributed by atoms with Crippen molar-refractivity contribution in [2.24, 2.45) is 5.92 Å². The lowest BCUT2D eigenvalue weighted by Crippen LogP contribution is -2.27. The monoisotopic (exact) mass is 655 g/mol. The van der Waals surface area contributed by atoms with E-state index in [0.29, 0.717) is 29.5 Å². The van der Waals surface area contributed by atoms with Crippen LogP contribution in [0.25, 0.3) is 11.1 Å². The molecule has 5 heteroatoms. The largest absolute Gasteiger partial charge is 0.478 e. The first-order valence-electron chi connectivity index (χ1n) is 18.7. The van der Waals surface area contributed by atoms with E-state index < -0.39 is 24.1 Å². The second-order valence-electron chi connectivity index (χ2n) is 15.4. The summed E-state index contributed by atoms with van der Waals surface area (Å²) in [6.07, 6.45) is 11.3. The minimum Gasteiger partial charge on any atom is -0.478 e. The minimum atomic E-state index is -1.03. The molecule has 49 heavy (non-hydrogen) atoms. The number of nitrogens with zero attached hydrogens (tertiary/aromatic N) is 1. The molecule has 1 heterocycles. The Hall–Kier alpha value is -3.93. The van der Waals surface area contributed by atoms with Crippen LogP contribution in [0.1, 0.15) is 140 Å². The third-order valence-electron chi connectivity index (χ3n) is 12.5. The molecular weight excluding hydrogens is 606 g/mol. The Morgan fingerprint density at radius 1 is 0.796 bits per heavy atom. The van der Waals surface area contributed by atoms with Crippen LogP contribution < -0.4 is 4.90 Å². The van der Waals surface area contributed by atoms with Crippen molar-refractivity contribution >= 4 is 17.3 Å². The summed E-state index contributed by atoms with van der Waals surface area (Å²) in [6, 6.07) is 28.2. The van der Waals surface area contributed by atoms with Gasteiger partial charge in [0.2, 0.25) is 0 Å². The van der Waals surface area contributed by atoms with Crippen molar-refractivity contribution in [2.75, 3.05) is 4.90 Å². The average molecular weight is 656 g/mol. The lowest BCUT2D eigenvalue weighted by molar-refractivity contribution is 0.0350. The summed E-state index contributed by atoms with van der Waals surface area (Å²) in [7, 11) is 0. The maximum atomic E-state index is 11.6. The van der Waals surface area contributed by atoms with Gasteiger partial charge >= 0.3 is 5.97 Å². The van der Waals surface area contributed by atoms with E-state index in [1.165, 1.54) is 116 Å². The van der Waals surface area contributed by atoms with Crippen LogP contribution in [-0.4, -0.2) is 27.3 Å². The van der Waals surface area contributed by atoms with Crippen LogP contribution in [0.5, 0.6) is 0 Å². The van der Waals surface area contributed by atoms with Crippen molar-refractivity contribution < 1.29 is 20.1 Å². The quantitative estimate of drug-likeness (QED) is 0.140. The molecule has 4 aliphatic rings. The standard InChI is InChI=1S/C44H49NO4/c1-3-4-5-6-7-10-22-44(2)37-14-9-8-12-30(37)31-20-18-29(26-38(31)44)45-39-15-11-13-32(39)34-23-27(16-21-40(34)45)24-36-41(46)33-19-17-28(43(48)49)25-35(33)42(36)47/h8-9,12,14,16-21,23,25-26,32,36,39,41-42,46-47H,3-7,10-11,13,15,22,24H2,1-2H3,(H,48,49). The van der Waals surface area contributed by atoms with Gasteiger partial charge in [-0.1, -0.05) is 107 Å². The maximum absolute atomic E-state index is 11.6. The molecule has 0 spiro atoms. The molecule has 6 unspecified atom stereocenters. The Kier molecular flexibility index (Phi) is 8.40. The predicted molar refractivity (Wildman–Crippen MR) is 196 cm³/mol. The van der Waals surface area contributed by atoms with Crippen molar-refractivity contribution in [3.8, 4) is 11.1 Å². The van der Waals surface area contributed by atoms with Crippen molar-refractivity contribution in [1.82, 2.24) is 0 Å². The SMILES string of the molecule is CCCCCCCCC1(C)c2ccccc2-c2ccc(N3c4ccc(CC5C(O)c6ccc(C(=O)O)cc6C5O)cc4C4CCCC43)cc21. The fourth-order valence-corrected chi connectivity index (χ4v) is 9.98. The molecule has 0 aromatic heterocycles. The fraction of sp³-hybridized carbons (Fsp3) is 0.432. The number of fused-ring (bicyclic) bond motifs is 7. The van der Waals surface area contributed by atoms with Crippen LogP contribution in [0.3, 0.4) is 0 Å². The summed E-state index contributed by atoms with van der Waals surface area (Å²) in [6.45, 7) is 4.76. The Morgan fingerprint density at radius 3 is 2.41 bits per heavy atom. The molecule has 3 aliphatic carbocycles. The summed E-state index contributed by atoms with van der Waals surface area (Å²) in [5.74, 6) is -0.988. The molecule has 1 aliphatic heterocycles. The van der Waals surface area contributed by atoms with E-state index in [1.807, 2.05) is 0 Å². The van der Waals surface area contributed by atoms with Crippen molar-refractivity contribution in [3.63, 3.8) is 0 Å². The molecule has 3 N–H and O–H groups in total. The lowest BCUT2D eigenvalue weighted by Gasteiger charge is -2.31. The summed E-state index contributed by atoms with van der Waals surface area (Å²) in [5.41, 5.74) is 12.1. The summed E-state index contributed by atoms with van der Waals surface area (Å²) >= 11 is 0. The Labute approximate surface area is 290 Å². The Bertz CT molecular complexity index is 1900. The number of unbranched alkanes of at least 4 members (excludes halogenated alkanes) is 5. The van der Waals surface area contributed by atoms with Gasteiger partial charge in [0, 0.05) is 34.7 Å². The number of anilines is 2. The maximum Gasteiger partial charge on any atom is 0.335 e. The zero-order valence-corrected chi connectivity index (χ0v) is 28.9. The molecule has 1 saturated carbocycles. The van der Waals surface area contributed by atoms with E-state index in [1.54, 1.807) is 6.07 Å². The van der Waals surface area contributed by atoms with Crippen LogP contribution in [0.2, 0.25) is 0 Å². The van der Waals surface area contributed by atoms with Gasteiger partial charge < -0.3 is 20.2 Å². The highest BCUT2D eigenvalue weighted by atomic mass is 16.4. The number of carboxylic acids is 1. The highest BCUT2D eigenvalue weighted by Crippen LogP contribution is 2.56. The van der Waals surface area contributed by atoms with Gasteiger partial charge in [0.1, 0.15) is 0 Å². The topological polar surface area (TPSA) is 81.0 Å². The number of aliphatic hydroxyl groups is 2. The van der Waals surface area contributed by atoms with E-state index in [-0.39, 0.29) is 11.0 Å². The highest BCUT2D eigenvalue weighted by Gasteiger charge is 2.45. The van der Waals surface area contributed by atoms with E-state index in [0.717, 1.165) is 5.56 Å². The Morgan fingerprint density at radius 2 is 1.57 bits per heavy atom. The first kappa shape index (κ1) is 32.3. The first-order valence-corrected chi connectivity index (χ1v) is 18.7. The summed E-state index contributed by atoms with van der Waals surface area (Å²) in [5, 5.41) is 31.9. The first-order chi connectivity index (χ1) is 23.8. The van der Waals surface area contributed by atoms with E-state index in [4.69, 9.17) is 0 Å². The number of aliphatic hydroxyl groups excluding tert-OH is 2. The summed E-state index contributed by atoms with van der Waals surface area (Å²) in [4.78, 5) is 14.2. The normalized spacial score (nSPS) is 26.0. The number of aromatic carboxylic acids is 1. The number of rotatable bonds is 11. The van der Waals surface area contributed by atoms with Gasteiger partial charge in [-0.05, 0) is 101 Å². The molecule has 5 nitrogen and oxygen atoms in total. The molecular formula is C44H49NO4. The summed E-state index contributed by atoms with van der Waals surface area (Å²) < 4.78 is 0. The molecule has 8 rings (SSSR count). The molecule has 0 saturated heterocycles. The number of hydrogen-bond donors (Lipinski definition) is 3. The molecule has 0 radical (unpaired) electrons. The average Bonchev–Trinajstić information content (AvgIpc) is 3.83.